The van der Waals surface area contributed by atoms with E-state index in [9.17, 15) is 0 Å². The van der Waals surface area contributed by atoms with E-state index in [-0.39, 0.29) is 0 Å². The van der Waals surface area contributed by atoms with Crippen LogP contribution in [-0.2, 0) is 0 Å². The zero-order valence-corrected chi connectivity index (χ0v) is 13.2. The highest BCUT2D eigenvalue weighted by Crippen LogP contribution is 2.40. The van der Waals surface area contributed by atoms with Crippen LogP contribution >= 0.6 is 0 Å². The molecule has 0 N–H and O–H groups in total. The molecule has 4 aromatic carbocycles. The summed E-state index contributed by atoms with van der Waals surface area (Å²) in [5.41, 5.74) is 4.53. The fourth-order valence-electron chi connectivity index (χ4n) is 3.92. The summed E-state index contributed by atoms with van der Waals surface area (Å²) in [5.74, 6) is 0. The molecule has 0 aliphatic rings. The molecule has 23 heavy (non-hydrogen) atoms. The topological polar surface area (TPSA) is 13.1 Å². The van der Waals surface area contributed by atoms with E-state index in [0.29, 0.717) is 0 Å². The smallest absolute Gasteiger partial charge is 0.136 e. The van der Waals surface area contributed by atoms with E-state index >= 15 is 0 Å². The predicted octanol–water partition coefficient (Wildman–Crippen LogP) is 6.51. The van der Waals surface area contributed by atoms with Crippen LogP contribution < -0.4 is 0 Å². The molecule has 5 aromatic rings. The van der Waals surface area contributed by atoms with Crippen molar-refractivity contribution >= 4 is 43.5 Å². The molecular formula is C22H16O. The Morgan fingerprint density at radius 3 is 2.30 bits per heavy atom. The molecule has 0 saturated carbocycles. The summed E-state index contributed by atoms with van der Waals surface area (Å²) in [6.45, 7) is 4.35. The first-order valence-corrected chi connectivity index (χ1v) is 7.97. The molecule has 110 valence electrons. The van der Waals surface area contributed by atoms with Gasteiger partial charge in [-0.25, -0.2) is 0 Å². The van der Waals surface area contributed by atoms with Crippen LogP contribution in [0.25, 0.3) is 43.5 Å². The minimum atomic E-state index is 0.965. The van der Waals surface area contributed by atoms with Gasteiger partial charge in [-0.3, -0.25) is 0 Å². The Morgan fingerprint density at radius 2 is 1.39 bits per heavy atom. The van der Waals surface area contributed by atoms with E-state index < -0.39 is 0 Å². The summed E-state index contributed by atoms with van der Waals surface area (Å²) in [7, 11) is 0. The van der Waals surface area contributed by atoms with Gasteiger partial charge in [0.25, 0.3) is 0 Å². The minimum absolute atomic E-state index is 0.965. The zero-order chi connectivity index (χ0) is 15.6. The maximum Gasteiger partial charge on any atom is 0.136 e. The molecule has 0 saturated heterocycles. The molecule has 1 heteroatoms. The average molecular weight is 296 g/mol. The molecule has 0 atom stereocenters. The van der Waals surface area contributed by atoms with Crippen molar-refractivity contribution in [2.75, 3.05) is 0 Å². The van der Waals surface area contributed by atoms with Gasteiger partial charge in [0.2, 0.25) is 0 Å². The van der Waals surface area contributed by atoms with Gasteiger partial charge in [-0.05, 0) is 58.7 Å². The summed E-state index contributed by atoms with van der Waals surface area (Å²) >= 11 is 0. The number of rotatable bonds is 0. The Kier molecular flexibility index (Phi) is 2.41. The van der Waals surface area contributed by atoms with Gasteiger partial charge in [-0.2, -0.15) is 0 Å². The molecule has 1 heterocycles. The Morgan fingerprint density at radius 1 is 0.609 bits per heavy atom. The fraction of sp³-hybridized carbons (Fsp3) is 0.0909. The maximum atomic E-state index is 6.19. The van der Waals surface area contributed by atoms with Crippen molar-refractivity contribution in [3.63, 3.8) is 0 Å². The van der Waals surface area contributed by atoms with Crippen molar-refractivity contribution in [2.45, 2.75) is 13.8 Å². The highest BCUT2D eigenvalue weighted by molar-refractivity contribution is 6.27. The van der Waals surface area contributed by atoms with Crippen molar-refractivity contribution in [3.05, 3.63) is 71.8 Å². The van der Waals surface area contributed by atoms with Gasteiger partial charge in [-0.15, -0.1) is 0 Å². The third kappa shape index (κ3) is 1.62. The first-order chi connectivity index (χ1) is 11.2. The van der Waals surface area contributed by atoms with E-state index in [1.54, 1.807) is 0 Å². The van der Waals surface area contributed by atoms with Crippen LogP contribution in [0, 0.1) is 13.8 Å². The van der Waals surface area contributed by atoms with Crippen LogP contribution in [0.5, 0.6) is 0 Å². The molecule has 0 amide bonds. The quantitative estimate of drug-likeness (QED) is 0.317. The SMILES string of the molecule is Cc1cccc2c1c(C)cc1oc3ccc4ccccc4c3c12. The average Bonchev–Trinajstić information content (AvgIpc) is 2.93. The molecule has 1 aromatic heterocycles. The van der Waals surface area contributed by atoms with Gasteiger partial charge in [-0.1, -0.05) is 48.5 Å². The molecule has 0 bridgehead atoms. The molecule has 0 unspecified atom stereocenters. The number of hydrogen-bond acceptors (Lipinski definition) is 1. The number of benzene rings is 4. The van der Waals surface area contributed by atoms with E-state index in [1.807, 2.05) is 0 Å². The molecule has 0 spiro atoms. The van der Waals surface area contributed by atoms with E-state index in [2.05, 4.69) is 74.5 Å². The van der Waals surface area contributed by atoms with Crippen LogP contribution in [0.15, 0.2) is 65.1 Å². The van der Waals surface area contributed by atoms with Crippen molar-refractivity contribution < 1.29 is 4.42 Å². The lowest BCUT2D eigenvalue weighted by Gasteiger charge is -2.07. The van der Waals surface area contributed by atoms with Crippen LogP contribution in [0.2, 0.25) is 0 Å². The van der Waals surface area contributed by atoms with Crippen molar-refractivity contribution in [2.24, 2.45) is 0 Å². The molecule has 0 aliphatic heterocycles. The zero-order valence-electron chi connectivity index (χ0n) is 13.2. The molecule has 0 aliphatic carbocycles. The van der Waals surface area contributed by atoms with Gasteiger partial charge in [0.15, 0.2) is 0 Å². The third-order valence-electron chi connectivity index (χ3n) is 4.89. The number of aryl methyl sites for hydroxylation is 2. The van der Waals surface area contributed by atoms with E-state index in [1.165, 1.54) is 43.4 Å². The highest BCUT2D eigenvalue weighted by atomic mass is 16.3. The van der Waals surface area contributed by atoms with Gasteiger partial charge in [0.1, 0.15) is 11.2 Å². The number of furan rings is 1. The second-order valence-corrected chi connectivity index (χ2v) is 6.33. The van der Waals surface area contributed by atoms with Crippen LogP contribution in [0.4, 0.5) is 0 Å². The van der Waals surface area contributed by atoms with Crippen LogP contribution in [0.3, 0.4) is 0 Å². The van der Waals surface area contributed by atoms with E-state index in [0.717, 1.165) is 11.2 Å². The minimum Gasteiger partial charge on any atom is -0.456 e. The highest BCUT2D eigenvalue weighted by Gasteiger charge is 2.15. The van der Waals surface area contributed by atoms with E-state index in [4.69, 9.17) is 4.42 Å². The first-order valence-electron chi connectivity index (χ1n) is 7.97. The third-order valence-corrected chi connectivity index (χ3v) is 4.89. The summed E-state index contributed by atoms with van der Waals surface area (Å²) in [5, 5.41) is 7.61. The van der Waals surface area contributed by atoms with Gasteiger partial charge in [0, 0.05) is 10.8 Å². The summed E-state index contributed by atoms with van der Waals surface area (Å²) in [6.07, 6.45) is 0. The molecule has 1 nitrogen and oxygen atoms in total. The number of fused-ring (bicyclic) bond motifs is 7. The van der Waals surface area contributed by atoms with Gasteiger partial charge in [0.05, 0.1) is 0 Å². The fourth-order valence-corrected chi connectivity index (χ4v) is 3.92. The number of hydrogen-bond donors (Lipinski definition) is 0. The predicted molar refractivity (Wildman–Crippen MR) is 98.2 cm³/mol. The monoisotopic (exact) mass is 296 g/mol. The lowest BCUT2D eigenvalue weighted by Crippen LogP contribution is -1.84. The van der Waals surface area contributed by atoms with Crippen molar-refractivity contribution in [1.82, 2.24) is 0 Å². The summed E-state index contributed by atoms with van der Waals surface area (Å²) in [6, 6.07) is 21.5. The Bertz CT molecular complexity index is 1220. The lowest BCUT2D eigenvalue weighted by atomic mass is 9.95. The Balaban J connectivity index is 2.17. The van der Waals surface area contributed by atoms with Crippen LogP contribution in [0.1, 0.15) is 11.1 Å². The van der Waals surface area contributed by atoms with Crippen LogP contribution in [-0.4, -0.2) is 0 Å². The van der Waals surface area contributed by atoms with Gasteiger partial charge >= 0.3 is 0 Å². The Hall–Kier alpha value is -2.80. The van der Waals surface area contributed by atoms with Crippen molar-refractivity contribution in [1.29, 1.82) is 0 Å². The second kappa shape index (κ2) is 4.36. The lowest BCUT2D eigenvalue weighted by molar-refractivity contribution is 0.669. The molecular weight excluding hydrogens is 280 g/mol. The molecule has 5 rings (SSSR count). The second-order valence-electron chi connectivity index (χ2n) is 6.33. The largest absolute Gasteiger partial charge is 0.456 e. The first kappa shape index (κ1) is 12.7. The summed E-state index contributed by atoms with van der Waals surface area (Å²) in [4.78, 5) is 0. The summed E-state index contributed by atoms with van der Waals surface area (Å²) < 4.78 is 6.19. The normalized spacial score (nSPS) is 11.9. The maximum absolute atomic E-state index is 6.19. The van der Waals surface area contributed by atoms with Crippen molar-refractivity contribution in [3.8, 4) is 0 Å². The standard InChI is InChI=1S/C22H16O/c1-13-6-5-9-17-20(13)14(2)12-19-22(17)21-16-8-4-3-7-15(16)10-11-18(21)23-19/h3-12H,1-2H3. The molecule has 0 fully saturated rings. The molecule has 0 radical (unpaired) electrons. The Labute approximate surface area is 134 Å². The van der Waals surface area contributed by atoms with Gasteiger partial charge < -0.3 is 4.42 Å².